The molecule has 0 radical (unpaired) electrons. The number of carbonyl (C=O) groups excluding carboxylic acids is 1. The molecule has 3 rings (SSSR count). The normalized spacial score (nSPS) is 13.2. The fourth-order valence-corrected chi connectivity index (χ4v) is 2.58. The number of rotatable bonds is 6. The number of halogens is 1. The van der Waals surface area contributed by atoms with E-state index in [-0.39, 0.29) is 18.9 Å². The van der Waals surface area contributed by atoms with E-state index in [9.17, 15) is 4.79 Å². The molecule has 7 heteroatoms. The second-order valence-electron chi connectivity index (χ2n) is 5.54. The summed E-state index contributed by atoms with van der Waals surface area (Å²) in [5.74, 6) is 2.09. The maximum Gasteiger partial charge on any atom is 0.315 e. The second-order valence-corrected chi connectivity index (χ2v) is 5.98. The average Bonchev–Trinajstić information content (AvgIpc) is 3.06. The summed E-state index contributed by atoms with van der Waals surface area (Å²) in [5, 5.41) is 6.24. The molecule has 25 heavy (non-hydrogen) atoms. The Bertz CT molecular complexity index is 754. The van der Waals surface area contributed by atoms with Gasteiger partial charge in [0.05, 0.1) is 12.6 Å². The van der Waals surface area contributed by atoms with E-state index in [0.29, 0.717) is 29.7 Å². The highest BCUT2D eigenvalue weighted by atomic mass is 35.5. The number of hydrogen-bond donors (Lipinski definition) is 2. The summed E-state index contributed by atoms with van der Waals surface area (Å²) in [5.41, 5.74) is 0.939. The van der Waals surface area contributed by atoms with Crippen molar-refractivity contribution >= 4 is 17.6 Å². The first kappa shape index (κ1) is 17.2. The lowest BCUT2D eigenvalue weighted by Crippen LogP contribution is -2.38. The quantitative estimate of drug-likeness (QED) is 0.772. The summed E-state index contributed by atoms with van der Waals surface area (Å²) in [6.07, 6.45) is 0. The Labute approximate surface area is 151 Å². The van der Waals surface area contributed by atoms with Crippen LogP contribution in [0.15, 0.2) is 42.5 Å². The molecule has 0 aromatic heterocycles. The Morgan fingerprint density at radius 1 is 1.24 bits per heavy atom. The molecule has 0 aliphatic carbocycles. The maximum absolute atomic E-state index is 12.0. The van der Waals surface area contributed by atoms with Crippen molar-refractivity contribution in [2.24, 2.45) is 0 Å². The van der Waals surface area contributed by atoms with Crippen molar-refractivity contribution in [3.05, 3.63) is 53.1 Å². The fraction of sp³-hybridized carbons (Fsp3) is 0.278. The molecule has 0 bridgehead atoms. The minimum atomic E-state index is -0.264. The topological polar surface area (TPSA) is 68.8 Å². The van der Waals surface area contributed by atoms with E-state index in [0.717, 1.165) is 11.3 Å². The van der Waals surface area contributed by atoms with Gasteiger partial charge >= 0.3 is 6.03 Å². The van der Waals surface area contributed by atoms with Gasteiger partial charge in [-0.25, -0.2) is 4.79 Å². The van der Waals surface area contributed by atoms with Crippen molar-refractivity contribution < 1.29 is 19.0 Å². The van der Waals surface area contributed by atoms with Crippen LogP contribution in [0.2, 0.25) is 5.02 Å². The molecule has 1 aliphatic rings. The number of urea groups is 1. The Morgan fingerprint density at radius 2 is 2.08 bits per heavy atom. The van der Waals surface area contributed by atoms with E-state index in [1.54, 1.807) is 12.1 Å². The number of ether oxygens (including phenoxy) is 3. The van der Waals surface area contributed by atoms with Gasteiger partial charge in [0.25, 0.3) is 0 Å². The highest BCUT2D eigenvalue weighted by molar-refractivity contribution is 6.30. The minimum Gasteiger partial charge on any atom is -0.492 e. The average molecular weight is 363 g/mol. The zero-order valence-corrected chi connectivity index (χ0v) is 14.5. The van der Waals surface area contributed by atoms with Crippen molar-refractivity contribution in [3.8, 4) is 17.2 Å². The van der Waals surface area contributed by atoms with Crippen LogP contribution < -0.4 is 24.8 Å². The predicted octanol–water partition coefficient (Wildman–Crippen LogP) is 3.51. The molecule has 1 heterocycles. The molecular weight excluding hydrogens is 344 g/mol. The van der Waals surface area contributed by atoms with Gasteiger partial charge in [-0.2, -0.15) is 0 Å². The number of hydrogen-bond acceptors (Lipinski definition) is 4. The Hall–Kier alpha value is -2.60. The maximum atomic E-state index is 12.0. The standard InChI is InChI=1S/C18H19ClN2O4/c1-12(13-5-6-16-17(9-13)25-11-24-16)21-18(22)20-7-8-23-15-4-2-3-14(19)10-15/h2-6,9-10,12H,7-8,11H2,1H3,(H2,20,21,22). The molecule has 0 fully saturated rings. The number of nitrogens with one attached hydrogen (secondary N) is 2. The van der Waals surface area contributed by atoms with Gasteiger partial charge in [0.1, 0.15) is 12.4 Å². The van der Waals surface area contributed by atoms with Crippen molar-refractivity contribution in [2.75, 3.05) is 19.9 Å². The highest BCUT2D eigenvalue weighted by Gasteiger charge is 2.16. The molecule has 1 unspecified atom stereocenters. The van der Waals surface area contributed by atoms with Crippen molar-refractivity contribution in [2.45, 2.75) is 13.0 Å². The number of amides is 2. The van der Waals surface area contributed by atoms with Crippen LogP contribution in [0.4, 0.5) is 4.79 Å². The zero-order chi connectivity index (χ0) is 17.6. The largest absolute Gasteiger partial charge is 0.492 e. The molecule has 0 saturated carbocycles. The fourth-order valence-electron chi connectivity index (χ4n) is 2.40. The molecule has 0 spiro atoms. The molecular formula is C18H19ClN2O4. The smallest absolute Gasteiger partial charge is 0.315 e. The van der Waals surface area contributed by atoms with Gasteiger partial charge in [-0.3, -0.25) is 0 Å². The number of carbonyl (C=O) groups is 1. The minimum absolute atomic E-state index is 0.164. The Morgan fingerprint density at radius 3 is 2.92 bits per heavy atom. The third kappa shape index (κ3) is 4.70. The lowest BCUT2D eigenvalue weighted by Gasteiger charge is -2.15. The predicted molar refractivity (Wildman–Crippen MR) is 94.5 cm³/mol. The molecule has 1 atom stereocenters. The highest BCUT2D eigenvalue weighted by Crippen LogP contribution is 2.34. The monoisotopic (exact) mass is 362 g/mol. The molecule has 132 valence electrons. The first-order valence-electron chi connectivity index (χ1n) is 7.94. The van der Waals surface area contributed by atoms with Crippen LogP contribution in [0.25, 0.3) is 0 Å². The molecule has 0 saturated heterocycles. The van der Waals surface area contributed by atoms with E-state index < -0.39 is 0 Å². The van der Waals surface area contributed by atoms with Crippen LogP contribution >= 0.6 is 11.6 Å². The summed E-state index contributed by atoms with van der Waals surface area (Å²) in [6.45, 7) is 2.87. The lowest BCUT2D eigenvalue weighted by molar-refractivity contribution is 0.174. The van der Waals surface area contributed by atoms with E-state index in [2.05, 4.69) is 10.6 Å². The Kier molecular flexibility index (Phi) is 5.50. The van der Waals surface area contributed by atoms with Gasteiger partial charge in [0.2, 0.25) is 6.79 Å². The third-order valence-corrected chi connectivity index (χ3v) is 3.93. The van der Waals surface area contributed by atoms with Crippen molar-refractivity contribution in [1.82, 2.24) is 10.6 Å². The van der Waals surface area contributed by atoms with Crippen molar-refractivity contribution in [3.63, 3.8) is 0 Å². The van der Waals surface area contributed by atoms with Gasteiger partial charge in [-0.1, -0.05) is 23.7 Å². The molecule has 2 amide bonds. The summed E-state index contributed by atoms with van der Waals surface area (Å²) < 4.78 is 16.1. The van der Waals surface area contributed by atoms with Crippen LogP contribution in [0, 0.1) is 0 Å². The van der Waals surface area contributed by atoms with Crippen LogP contribution in [0.1, 0.15) is 18.5 Å². The van der Waals surface area contributed by atoms with E-state index in [1.165, 1.54) is 0 Å². The van der Waals surface area contributed by atoms with Crippen LogP contribution in [0.3, 0.4) is 0 Å². The zero-order valence-electron chi connectivity index (χ0n) is 13.8. The van der Waals surface area contributed by atoms with Gasteiger partial charge in [-0.05, 0) is 42.8 Å². The van der Waals surface area contributed by atoms with Crippen molar-refractivity contribution in [1.29, 1.82) is 0 Å². The van der Waals surface area contributed by atoms with Crippen LogP contribution in [0.5, 0.6) is 17.2 Å². The van der Waals surface area contributed by atoms with Gasteiger partial charge in [0, 0.05) is 5.02 Å². The van der Waals surface area contributed by atoms with Gasteiger partial charge in [-0.15, -0.1) is 0 Å². The SMILES string of the molecule is CC(NC(=O)NCCOc1cccc(Cl)c1)c1ccc2c(c1)OCO2. The first-order chi connectivity index (χ1) is 12.1. The van der Waals surface area contributed by atoms with Gasteiger partial charge in [0.15, 0.2) is 11.5 Å². The number of benzene rings is 2. The van der Waals surface area contributed by atoms with E-state index in [1.807, 2.05) is 37.3 Å². The van der Waals surface area contributed by atoms with E-state index >= 15 is 0 Å². The molecule has 6 nitrogen and oxygen atoms in total. The summed E-state index contributed by atoms with van der Waals surface area (Å²) >= 11 is 5.88. The second kappa shape index (κ2) is 7.98. The molecule has 2 N–H and O–H groups in total. The van der Waals surface area contributed by atoms with Gasteiger partial charge < -0.3 is 24.8 Å². The summed E-state index contributed by atoms with van der Waals surface area (Å²) in [6, 6.07) is 12.3. The lowest BCUT2D eigenvalue weighted by atomic mass is 10.1. The summed E-state index contributed by atoms with van der Waals surface area (Å²) in [7, 11) is 0. The molecule has 1 aliphatic heterocycles. The Balaban J connectivity index is 1.41. The third-order valence-electron chi connectivity index (χ3n) is 3.70. The van der Waals surface area contributed by atoms with E-state index in [4.69, 9.17) is 25.8 Å². The van der Waals surface area contributed by atoms with Crippen LogP contribution in [-0.4, -0.2) is 26.0 Å². The van der Waals surface area contributed by atoms with Crippen LogP contribution in [-0.2, 0) is 0 Å². The molecule has 2 aromatic carbocycles. The number of fused-ring (bicyclic) bond motifs is 1. The summed E-state index contributed by atoms with van der Waals surface area (Å²) in [4.78, 5) is 12.0. The first-order valence-corrected chi connectivity index (χ1v) is 8.32. The molecule has 2 aromatic rings.